The summed E-state index contributed by atoms with van der Waals surface area (Å²) in [4.78, 5) is 28.7. The molecule has 0 bridgehead atoms. The molecule has 3 aromatic rings. The van der Waals surface area contributed by atoms with Crippen LogP contribution in [0, 0.1) is 13.8 Å². The number of rotatable bonds is 13. The Morgan fingerprint density at radius 1 is 0.927 bits per heavy atom. The van der Waals surface area contributed by atoms with Gasteiger partial charge >= 0.3 is 0 Å². The molecule has 0 aliphatic heterocycles. The molecule has 9 heteroatoms. The van der Waals surface area contributed by atoms with Crippen molar-refractivity contribution in [1.82, 2.24) is 10.2 Å². The lowest BCUT2D eigenvalue weighted by Crippen LogP contribution is -2.53. The van der Waals surface area contributed by atoms with Crippen LogP contribution in [-0.4, -0.2) is 57.4 Å². The number of amides is 2. The van der Waals surface area contributed by atoms with Gasteiger partial charge in [0, 0.05) is 12.6 Å². The van der Waals surface area contributed by atoms with Gasteiger partial charge in [-0.3, -0.25) is 13.9 Å². The Hall–Kier alpha value is -3.85. The van der Waals surface area contributed by atoms with Crippen LogP contribution in [0.25, 0.3) is 0 Å². The second-order valence-electron chi connectivity index (χ2n) is 10.3. The lowest BCUT2D eigenvalue weighted by atomic mass is 10.1. The zero-order chi connectivity index (χ0) is 30.2. The third kappa shape index (κ3) is 8.10. The second-order valence-corrected chi connectivity index (χ2v) is 12.2. The van der Waals surface area contributed by atoms with E-state index in [0.717, 1.165) is 27.4 Å². The summed E-state index contributed by atoms with van der Waals surface area (Å²) in [7, 11) is -2.72. The van der Waals surface area contributed by atoms with E-state index in [1.807, 2.05) is 64.1 Å². The second kappa shape index (κ2) is 14.2. The first-order valence-electron chi connectivity index (χ1n) is 13.9. The van der Waals surface area contributed by atoms with E-state index < -0.39 is 28.5 Å². The van der Waals surface area contributed by atoms with E-state index in [0.29, 0.717) is 12.2 Å². The average Bonchev–Trinajstić information content (AvgIpc) is 2.96. The number of nitrogens with one attached hydrogen (secondary N) is 1. The summed E-state index contributed by atoms with van der Waals surface area (Å²) in [5.74, 6) is -0.466. The molecular formula is C32H41N3O5S. The summed E-state index contributed by atoms with van der Waals surface area (Å²) < 4.78 is 34.7. The minimum Gasteiger partial charge on any atom is -0.495 e. The Balaban J connectivity index is 2.04. The van der Waals surface area contributed by atoms with Crippen molar-refractivity contribution in [2.75, 3.05) is 24.5 Å². The molecule has 3 rings (SSSR count). The lowest BCUT2D eigenvalue weighted by molar-refractivity contribution is -0.139. The molecule has 0 saturated heterocycles. The fourth-order valence-electron chi connectivity index (χ4n) is 4.38. The van der Waals surface area contributed by atoms with Gasteiger partial charge in [-0.25, -0.2) is 8.42 Å². The number of aryl methyl sites for hydroxylation is 2. The number of methoxy groups -OCH3 is 1. The van der Waals surface area contributed by atoms with E-state index in [-0.39, 0.29) is 29.1 Å². The topological polar surface area (TPSA) is 96.0 Å². The number of carbonyl (C=O) groups excluding carboxylic acids is 2. The monoisotopic (exact) mass is 579 g/mol. The largest absolute Gasteiger partial charge is 0.495 e. The first-order chi connectivity index (χ1) is 19.5. The molecule has 3 aromatic carbocycles. The number of hydrogen-bond acceptors (Lipinski definition) is 5. The van der Waals surface area contributed by atoms with Crippen LogP contribution >= 0.6 is 0 Å². The summed E-state index contributed by atoms with van der Waals surface area (Å²) in [6.07, 6.45) is 1.25. The molecule has 0 saturated carbocycles. The van der Waals surface area contributed by atoms with Crippen molar-refractivity contribution in [3.63, 3.8) is 0 Å². The van der Waals surface area contributed by atoms with Crippen LogP contribution in [0.5, 0.6) is 5.75 Å². The molecular weight excluding hydrogens is 538 g/mol. The van der Waals surface area contributed by atoms with Crippen molar-refractivity contribution >= 4 is 27.5 Å². The number of carbonyl (C=O) groups is 2. The molecule has 0 radical (unpaired) electrons. The van der Waals surface area contributed by atoms with Gasteiger partial charge in [0.1, 0.15) is 18.3 Å². The zero-order valence-electron chi connectivity index (χ0n) is 24.8. The number of sulfonamides is 1. The number of anilines is 1. The van der Waals surface area contributed by atoms with E-state index in [2.05, 4.69) is 5.32 Å². The molecule has 1 N–H and O–H groups in total. The first-order valence-corrected chi connectivity index (χ1v) is 15.3. The number of nitrogens with zero attached hydrogens (tertiary/aromatic N) is 2. The molecule has 2 atom stereocenters. The van der Waals surface area contributed by atoms with Crippen LogP contribution in [0.4, 0.5) is 5.69 Å². The number of benzene rings is 3. The first kappa shape index (κ1) is 31.7. The minimum absolute atomic E-state index is 0.0536. The van der Waals surface area contributed by atoms with Crippen molar-refractivity contribution in [3.05, 3.63) is 89.5 Å². The molecule has 0 unspecified atom stereocenters. The SMILES string of the molecule is CC[C@@H](C)NC(=O)[C@H](C)N(CCc1ccccc1)C(=O)CN(c1cc(C)ccc1OC)S(=O)(=O)c1ccc(C)cc1. The van der Waals surface area contributed by atoms with Crippen LogP contribution in [0.2, 0.25) is 0 Å². The van der Waals surface area contributed by atoms with Crippen molar-refractivity contribution in [2.24, 2.45) is 0 Å². The number of ether oxygens (including phenoxy) is 1. The van der Waals surface area contributed by atoms with Gasteiger partial charge in [-0.1, -0.05) is 61.0 Å². The van der Waals surface area contributed by atoms with Crippen LogP contribution in [0.15, 0.2) is 77.7 Å². The van der Waals surface area contributed by atoms with Gasteiger partial charge < -0.3 is 15.0 Å². The van der Waals surface area contributed by atoms with Gasteiger partial charge in [-0.2, -0.15) is 0 Å². The van der Waals surface area contributed by atoms with E-state index in [4.69, 9.17) is 4.74 Å². The van der Waals surface area contributed by atoms with E-state index >= 15 is 0 Å². The Kier molecular flexibility index (Phi) is 10.9. The molecule has 220 valence electrons. The summed E-state index contributed by atoms with van der Waals surface area (Å²) in [5, 5.41) is 2.95. The highest BCUT2D eigenvalue weighted by Gasteiger charge is 2.34. The van der Waals surface area contributed by atoms with Gasteiger partial charge in [-0.05, 0) is 75.9 Å². The summed E-state index contributed by atoms with van der Waals surface area (Å²) in [5.41, 5.74) is 2.97. The van der Waals surface area contributed by atoms with E-state index in [1.54, 1.807) is 31.2 Å². The van der Waals surface area contributed by atoms with Gasteiger partial charge in [0.15, 0.2) is 0 Å². The van der Waals surface area contributed by atoms with Crippen LogP contribution < -0.4 is 14.4 Å². The van der Waals surface area contributed by atoms with Crippen LogP contribution in [0.1, 0.15) is 43.9 Å². The normalized spacial score (nSPS) is 12.7. The van der Waals surface area contributed by atoms with E-state index in [1.165, 1.54) is 24.1 Å². The molecule has 0 aromatic heterocycles. The van der Waals surface area contributed by atoms with Gasteiger partial charge in [0.05, 0.1) is 17.7 Å². The smallest absolute Gasteiger partial charge is 0.264 e. The highest BCUT2D eigenvalue weighted by atomic mass is 32.2. The van der Waals surface area contributed by atoms with Crippen molar-refractivity contribution < 1.29 is 22.7 Å². The fraction of sp³-hybridized carbons (Fsp3) is 0.375. The standard InChI is InChI=1S/C32H41N3O5S/c1-7-25(4)33-32(37)26(5)34(20-19-27-11-9-8-10-12-27)31(36)22-35(29-21-24(3)15-18-30(29)40-6)41(38,39)28-16-13-23(2)14-17-28/h8-18,21,25-26H,7,19-20,22H2,1-6H3,(H,33,37)/t25-,26+/m1/s1. The summed E-state index contributed by atoms with van der Waals surface area (Å²) in [6.45, 7) is 8.99. The summed E-state index contributed by atoms with van der Waals surface area (Å²) in [6, 6.07) is 20.5. The maximum atomic E-state index is 14.1. The molecule has 41 heavy (non-hydrogen) atoms. The van der Waals surface area contributed by atoms with Gasteiger partial charge in [0.2, 0.25) is 11.8 Å². The van der Waals surface area contributed by atoms with Crippen molar-refractivity contribution in [2.45, 2.75) is 64.4 Å². The molecule has 2 amide bonds. The number of hydrogen-bond donors (Lipinski definition) is 1. The quantitative estimate of drug-likeness (QED) is 0.311. The lowest BCUT2D eigenvalue weighted by Gasteiger charge is -2.33. The third-order valence-corrected chi connectivity index (χ3v) is 8.92. The Morgan fingerprint density at radius 2 is 1.56 bits per heavy atom. The Bertz CT molecular complexity index is 1430. The predicted octanol–water partition coefficient (Wildman–Crippen LogP) is 4.88. The Morgan fingerprint density at radius 3 is 2.17 bits per heavy atom. The average molecular weight is 580 g/mol. The Labute approximate surface area is 244 Å². The van der Waals surface area contributed by atoms with Crippen LogP contribution in [-0.2, 0) is 26.0 Å². The third-order valence-electron chi connectivity index (χ3n) is 7.14. The molecule has 0 spiro atoms. The zero-order valence-corrected chi connectivity index (χ0v) is 25.6. The maximum absolute atomic E-state index is 14.1. The molecule has 0 fully saturated rings. The molecule has 0 heterocycles. The van der Waals surface area contributed by atoms with Gasteiger partial charge in [0.25, 0.3) is 10.0 Å². The maximum Gasteiger partial charge on any atom is 0.264 e. The molecule has 0 aliphatic rings. The van der Waals surface area contributed by atoms with Crippen molar-refractivity contribution in [3.8, 4) is 5.75 Å². The van der Waals surface area contributed by atoms with E-state index in [9.17, 15) is 18.0 Å². The molecule has 0 aliphatic carbocycles. The highest BCUT2D eigenvalue weighted by molar-refractivity contribution is 7.92. The summed E-state index contributed by atoms with van der Waals surface area (Å²) >= 11 is 0. The highest BCUT2D eigenvalue weighted by Crippen LogP contribution is 2.33. The van der Waals surface area contributed by atoms with Gasteiger partial charge in [-0.15, -0.1) is 0 Å². The van der Waals surface area contributed by atoms with Crippen molar-refractivity contribution in [1.29, 1.82) is 0 Å². The minimum atomic E-state index is -4.18. The predicted molar refractivity (Wildman–Crippen MR) is 163 cm³/mol. The fourth-order valence-corrected chi connectivity index (χ4v) is 5.80. The van der Waals surface area contributed by atoms with Crippen LogP contribution in [0.3, 0.4) is 0 Å². The molecule has 8 nitrogen and oxygen atoms in total.